The van der Waals surface area contributed by atoms with Gasteiger partial charge in [-0.25, -0.2) is 5.01 Å². The third-order valence-corrected chi connectivity index (χ3v) is 6.11. The molecule has 2 aliphatic heterocycles. The lowest BCUT2D eigenvalue weighted by Gasteiger charge is -2.34. The van der Waals surface area contributed by atoms with E-state index in [0.717, 1.165) is 30.8 Å². The van der Waals surface area contributed by atoms with E-state index in [4.69, 9.17) is 9.73 Å². The van der Waals surface area contributed by atoms with E-state index < -0.39 is 6.17 Å². The number of fused-ring (bicyclic) bond motifs is 2. The Labute approximate surface area is 183 Å². The van der Waals surface area contributed by atoms with E-state index in [0.29, 0.717) is 17.5 Å². The molecule has 0 radical (unpaired) electrons. The lowest BCUT2D eigenvalue weighted by Crippen LogP contribution is -2.50. The minimum atomic E-state index is -0.494. The Bertz CT molecular complexity index is 1120. The van der Waals surface area contributed by atoms with Crippen LogP contribution in [-0.4, -0.2) is 28.9 Å². The number of carbonyl (C=O) groups excluding carboxylic acids is 1. The summed E-state index contributed by atoms with van der Waals surface area (Å²) in [4.78, 5) is 17.8. The molecule has 1 N–H and O–H groups in total. The van der Waals surface area contributed by atoms with Gasteiger partial charge in [-0.1, -0.05) is 43.6 Å². The van der Waals surface area contributed by atoms with Crippen molar-refractivity contribution in [2.75, 3.05) is 12.9 Å². The van der Waals surface area contributed by atoms with Gasteiger partial charge >= 0.3 is 0 Å². The van der Waals surface area contributed by atoms with E-state index >= 15 is 0 Å². The first-order valence-corrected chi connectivity index (χ1v) is 11.4. The number of halogens is 2. The second-order valence-electron chi connectivity index (χ2n) is 6.04. The summed E-state index contributed by atoms with van der Waals surface area (Å²) in [6.45, 7) is 2.51. The third-order valence-electron chi connectivity index (χ3n) is 4.32. The highest BCUT2D eigenvalue weighted by Gasteiger charge is 2.35. The molecule has 6 nitrogen and oxygen atoms in total. The number of ether oxygens (including phenoxy) is 1. The molecule has 1 atom stereocenters. The Morgan fingerprint density at radius 2 is 2.07 bits per heavy atom. The predicted octanol–water partition coefficient (Wildman–Crippen LogP) is 3.12. The molecule has 4 rings (SSSR count). The van der Waals surface area contributed by atoms with Crippen LogP contribution in [0, 0.1) is 0 Å². The van der Waals surface area contributed by atoms with Crippen molar-refractivity contribution in [1.29, 1.82) is 0 Å². The van der Waals surface area contributed by atoms with Gasteiger partial charge in [0.05, 0.1) is 12.0 Å². The SMILES string of the molecule is CCOc1ccc(Br)c([C@@H]2N=c3ccc(Br)cc3=C3C(=O)NC(SC)=NN32)c1. The zero-order valence-corrected chi connectivity index (χ0v) is 19.1. The minimum absolute atomic E-state index is 0.198. The molecule has 0 saturated heterocycles. The highest BCUT2D eigenvalue weighted by Crippen LogP contribution is 2.36. The van der Waals surface area contributed by atoms with Crippen LogP contribution in [0.3, 0.4) is 0 Å². The molecular weight excluding hydrogens is 508 g/mol. The van der Waals surface area contributed by atoms with E-state index in [1.54, 1.807) is 5.01 Å². The second kappa shape index (κ2) is 7.88. The number of hydrazone groups is 1. The van der Waals surface area contributed by atoms with E-state index in [2.05, 4.69) is 42.3 Å². The summed E-state index contributed by atoms with van der Waals surface area (Å²) >= 11 is 8.48. The number of rotatable bonds is 3. The average Bonchev–Trinajstić information content (AvgIpc) is 2.68. The number of nitrogens with zero attached hydrogens (tertiary/aromatic N) is 3. The van der Waals surface area contributed by atoms with Gasteiger partial charge in [0.2, 0.25) is 0 Å². The van der Waals surface area contributed by atoms with Crippen LogP contribution in [0.2, 0.25) is 0 Å². The number of carbonyl (C=O) groups is 1. The normalized spacial score (nSPS) is 17.9. The Hall–Kier alpha value is -1.84. The van der Waals surface area contributed by atoms with E-state index in [1.165, 1.54) is 11.8 Å². The lowest BCUT2D eigenvalue weighted by molar-refractivity contribution is -0.116. The maximum Gasteiger partial charge on any atom is 0.276 e. The molecule has 144 valence electrons. The van der Waals surface area contributed by atoms with Crippen LogP contribution in [0.4, 0.5) is 0 Å². The van der Waals surface area contributed by atoms with Gasteiger partial charge in [-0.05, 0) is 49.6 Å². The average molecular weight is 524 g/mol. The number of hydrogen-bond acceptors (Lipinski definition) is 6. The Balaban J connectivity index is 1.98. The molecule has 28 heavy (non-hydrogen) atoms. The summed E-state index contributed by atoms with van der Waals surface area (Å²) in [5.74, 6) is 0.547. The molecule has 0 aliphatic carbocycles. The Morgan fingerprint density at radius 3 is 2.82 bits per heavy atom. The zero-order valence-electron chi connectivity index (χ0n) is 15.1. The van der Waals surface area contributed by atoms with Crippen molar-refractivity contribution in [1.82, 2.24) is 10.3 Å². The minimum Gasteiger partial charge on any atom is -0.494 e. The van der Waals surface area contributed by atoms with Crippen LogP contribution in [0.25, 0.3) is 5.70 Å². The smallest absolute Gasteiger partial charge is 0.276 e. The summed E-state index contributed by atoms with van der Waals surface area (Å²) in [7, 11) is 0. The molecule has 0 unspecified atom stereocenters. The predicted molar refractivity (Wildman–Crippen MR) is 117 cm³/mol. The quantitative estimate of drug-likeness (QED) is 0.671. The van der Waals surface area contributed by atoms with Gasteiger partial charge in [-0.15, -0.1) is 5.10 Å². The summed E-state index contributed by atoms with van der Waals surface area (Å²) < 4.78 is 7.41. The standard InChI is InChI=1S/C19H16Br2N4O2S/c1-3-27-11-5-6-14(21)12(9-11)17-22-15-7-4-10(20)8-13(15)16-18(26)23-19(28-2)24-25(16)17/h4-9,17H,3H2,1-2H3,(H,23,24,26)/t17-/m1/s1. The van der Waals surface area contributed by atoms with Crippen molar-refractivity contribution in [3.8, 4) is 5.75 Å². The van der Waals surface area contributed by atoms with Crippen LogP contribution in [-0.2, 0) is 4.79 Å². The molecule has 2 aliphatic rings. The first kappa shape index (κ1) is 19.5. The van der Waals surface area contributed by atoms with Crippen molar-refractivity contribution in [2.24, 2.45) is 10.1 Å². The van der Waals surface area contributed by atoms with Crippen molar-refractivity contribution in [2.45, 2.75) is 13.1 Å². The Morgan fingerprint density at radius 1 is 1.25 bits per heavy atom. The molecule has 9 heteroatoms. The van der Waals surface area contributed by atoms with Gasteiger partial charge in [0.15, 0.2) is 11.3 Å². The number of amides is 1. The lowest BCUT2D eigenvalue weighted by atomic mass is 10.1. The summed E-state index contributed by atoms with van der Waals surface area (Å²) in [6.07, 6.45) is 1.38. The molecule has 0 aromatic heterocycles. The largest absolute Gasteiger partial charge is 0.494 e. The molecule has 2 aromatic rings. The summed E-state index contributed by atoms with van der Waals surface area (Å²) in [5.41, 5.74) is 1.35. The number of thioether (sulfide) groups is 1. The van der Waals surface area contributed by atoms with Gasteiger partial charge < -0.3 is 4.74 Å². The van der Waals surface area contributed by atoms with Crippen molar-refractivity contribution >= 4 is 60.4 Å². The van der Waals surface area contributed by atoms with Crippen molar-refractivity contribution in [3.05, 3.63) is 61.5 Å². The topological polar surface area (TPSA) is 66.3 Å². The fourth-order valence-electron chi connectivity index (χ4n) is 3.12. The highest BCUT2D eigenvalue weighted by atomic mass is 79.9. The number of benzene rings is 2. The van der Waals surface area contributed by atoms with Gasteiger partial charge in [0.1, 0.15) is 11.4 Å². The Kier molecular flexibility index (Phi) is 5.48. The summed E-state index contributed by atoms with van der Waals surface area (Å²) in [5, 5.41) is 11.2. The van der Waals surface area contributed by atoms with Crippen molar-refractivity contribution in [3.63, 3.8) is 0 Å². The monoisotopic (exact) mass is 522 g/mol. The number of nitrogens with one attached hydrogen (secondary N) is 1. The van der Waals surface area contributed by atoms with Gasteiger partial charge in [-0.3, -0.25) is 15.1 Å². The van der Waals surface area contributed by atoms with Crippen molar-refractivity contribution < 1.29 is 9.53 Å². The van der Waals surface area contributed by atoms with E-state index in [1.807, 2.05) is 49.6 Å². The second-order valence-corrected chi connectivity index (χ2v) is 8.60. The molecular formula is C19H16Br2N4O2S. The number of hydrogen-bond donors (Lipinski definition) is 1. The van der Waals surface area contributed by atoms with Crippen LogP contribution < -0.4 is 20.6 Å². The zero-order chi connectivity index (χ0) is 19.8. The fourth-order valence-corrected chi connectivity index (χ4v) is 4.30. The molecule has 2 heterocycles. The molecule has 0 bridgehead atoms. The maximum atomic E-state index is 12.9. The molecule has 2 aromatic carbocycles. The van der Waals surface area contributed by atoms with Crippen LogP contribution in [0.15, 0.2) is 55.4 Å². The first-order chi connectivity index (χ1) is 13.5. The molecule has 0 saturated carbocycles. The summed E-state index contributed by atoms with van der Waals surface area (Å²) in [6, 6.07) is 11.5. The fraction of sp³-hybridized carbons (Fsp3) is 0.211. The maximum absolute atomic E-state index is 12.9. The van der Waals surface area contributed by atoms with Gasteiger partial charge in [-0.2, -0.15) is 0 Å². The van der Waals surface area contributed by atoms with Gasteiger partial charge in [0, 0.05) is 19.7 Å². The molecule has 0 fully saturated rings. The van der Waals surface area contributed by atoms with Gasteiger partial charge in [0.25, 0.3) is 5.91 Å². The van der Waals surface area contributed by atoms with Crippen LogP contribution >= 0.6 is 43.6 Å². The van der Waals surface area contributed by atoms with Crippen LogP contribution in [0.1, 0.15) is 18.7 Å². The first-order valence-electron chi connectivity index (χ1n) is 8.55. The number of amidine groups is 1. The van der Waals surface area contributed by atoms with E-state index in [-0.39, 0.29) is 5.91 Å². The highest BCUT2D eigenvalue weighted by molar-refractivity contribution is 9.10. The van der Waals surface area contributed by atoms with Crippen LogP contribution in [0.5, 0.6) is 5.75 Å². The molecule has 0 spiro atoms. The third kappa shape index (κ3) is 3.46. The molecule has 1 amide bonds. The van der Waals surface area contributed by atoms with E-state index in [9.17, 15) is 4.79 Å².